The Morgan fingerprint density at radius 1 is 0.767 bits per heavy atom. The van der Waals surface area contributed by atoms with Gasteiger partial charge in [0, 0.05) is 13.2 Å². The van der Waals surface area contributed by atoms with Crippen LogP contribution in [-0.2, 0) is 32.6 Å². The Bertz CT molecular complexity index is 799. The van der Waals surface area contributed by atoms with Crippen molar-refractivity contribution in [3.8, 4) is 0 Å². The highest BCUT2D eigenvalue weighted by atomic mass is 31.2. The molecule has 11 nitrogen and oxygen atoms in total. The molecule has 0 aliphatic carbocycles. The van der Waals surface area contributed by atoms with Crippen molar-refractivity contribution < 1.29 is 47.5 Å². The second-order valence-electron chi connectivity index (χ2n) is 10.6. The number of hydrogen-bond acceptors (Lipinski definition) is 8. The van der Waals surface area contributed by atoms with Gasteiger partial charge in [-0.1, -0.05) is 77.7 Å². The first-order valence-corrected chi connectivity index (χ1v) is 19.3. The summed E-state index contributed by atoms with van der Waals surface area (Å²) in [7, 11) is -7.20. The molecule has 256 valence electrons. The van der Waals surface area contributed by atoms with Gasteiger partial charge in [-0.2, -0.15) is 0 Å². The molecule has 0 amide bonds. The fourth-order valence-electron chi connectivity index (χ4n) is 3.91. The molecule has 0 aromatic carbocycles. The van der Waals surface area contributed by atoms with Gasteiger partial charge in [-0.15, -0.1) is 0 Å². The zero-order valence-corrected chi connectivity index (χ0v) is 28.9. The lowest BCUT2D eigenvalue weighted by atomic mass is 10.1. The van der Waals surface area contributed by atoms with Crippen LogP contribution in [-0.4, -0.2) is 98.3 Å². The summed E-state index contributed by atoms with van der Waals surface area (Å²) < 4.78 is 51.9. The highest BCUT2D eigenvalue weighted by Gasteiger charge is 2.31. The molecule has 0 fully saturated rings. The van der Waals surface area contributed by atoms with Crippen LogP contribution in [0.25, 0.3) is 0 Å². The summed E-state index contributed by atoms with van der Waals surface area (Å²) in [5.74, 6) is 0. The van der Waals surface area contributed by atoms with E-state index in [0.29, 0.717) is 71.9 Å². The van der Waals surface area contributed by atoms with Crippen molar-refractivity contribution in [2.75, 3.05) is 66.0 Å². The summed E-state index contributed by atoms with van der Waals surface area (Å²) >= 11 is 0. The Morgan fingerprint density at radius 3 is 1.98 bits per heavy atom. The molecule has 0 radical (unpaired) electrons. The van der Waals surface area contributed by atoms with Crippen LogP contribution in [0, 0.1) is 0 Å². The van der Waals surface area contributed by atoms with Crippen LogP contribution >= 0.6 is 15.1 Å². The minimum absolute atomic E-state index is 0.0107. The van der Waals surface area contributed by atoms with Crippen LogP contribution in [0.15, 0.2) is 24.3 Å². The molecule has 13 heteroatoms. The van der Waals surface area contributed by atoms with E-state index in [9.17, 15) is 24.0 Å². The Kier molecular flexibility index (Phi) is 27.6. The van der Waals surface area contributed by atoms with E-state index in [-0.39, 0.29) is 25.5 Å². The maximum absolute atomic E-state index is 12.5. The molecule has 0 spiro atoms. The second kappa shape index (κ2) is 27.9. The molecule has 4 N–H and O–H groups in total. The van der Waals surface area contributed by atoms with Gasteiger partial charge in [-0.05, 0) is 32.1 Å². The first-order chi connectivity index (χ1) is 20.6. The van der Waals surface area contributed by atoms with Crippen molar-refractivity contribution in [1.82, 2.24) is 5.09 Å². The Morgan fingerprint density at radius 2 is 1.37 bits per heavy atom. The SMILES string of the molecule is CC/C=C/C=C/C[C@H](C)P(=O)(O)NCCCOCCOCCOCCOCC(O)COP(=O)(O)C(CC)CCCCCC. The van der Waals surface area contributed by atoms with Gasteiger partial charge < -0.3 is 38.4 Å². The lowest BCUT2D eigenvalue weighted by molar-refractivity contribution is -0.0252. The molecule has 0 aliphatic heterocycles. The van der Waals surface area contributed by atoms with Crippen molar-refractivity contribution in [2.45, 2.75) is 103 Å². The zero-order chi connectivity index (χ0) is 32.2. The molecular weight excluding hydrogens is 596 g/mol. The summed E-state index contributed by atoms with van der Waals surface area (Å²) in [4.78, 5) is 20.5. The van der Waals surface area contributed by atoms with Crippen LogP contribution < -0.4 is 5.09 Å². The Balaban J connectivity index is 3.68. The van der Waals surface area contributed by atoms with Crippen molar-refractivity contribution in [3.63, 3.8) is 0 Å². The van der Waals surface area contributed by atoms with Crippen LogP contribution in [0.4, 0.5) is 0 Å². The molecule has 5 atom stereocenters. The number of rotatable bonds is 31. The number of allylic oxidation sites excluding steroid dienone is 4. The number of hydrogen-bond donors (Lipinski definition) is 4. The van der Waals surface area contributed by atoms with Crippen LogP contribution in [0.1, 0.15) is 85.5 Å². The monoisotopic (exact) mass is 657 g/mol. The average molecular weight is 658 g/mol. The van der Waals surface area contributed by atoms with Gasteiger partial charge in [0.15, 0.2) is 0 Å². The third-order valence-corrected chi connectivity index (χ3v) is 10.8. The minimum atomic E-state index is -3.78. The van der Waals surface area contributed by atoms with E-state index in [2.05, 4.69) is 18.9 Å². The van der Waals surface area contributed by atoms with Gasteiger partial charge in [0.1, 0.15) is 6.10 Å². The third-order valence-electron chi connectivity index (χ3n) is 6.70. The number of aliphatic hydroxyl groups excluding tert-OH is 1. The first kappa shape index (κ1) is 42.6. The predicted octanol–water partition coefficient (Wildman–Crippen LogP) is 5.83. The maximum Gasteiger partial charge on any atom is 0.331 e. The molecule has 0 aromatic heterocycles. The molecule has 0 saturated heterocycles. The minimum Gasteiger partial charge on any atom is -0.388 e. The molecule has 43 heavy (non-hydrogen) atoms. The summed E-state index contributed by atoms with van der Waals surface area (Å²) in [6, 6.07) is 0. The fraction of sp³-hybridized carbons (Fsp3) is 0.867. The smallest absolute Gasteiger partial charge is 0.331 e. The zero-order valence-electron chi connectivity index (χ0n) is 27.1. The molecule has 4 unspecified atom stereocenters. The standard InChI is InChI=1S/C30H61NO10P2/c1-5-8-10-12-13-16-28(4)42(33,34)31-18-15-19-37-20-21-38-22-23-39-24-25-40-26-29(32)27-41-43(35,36)30(7-3)17-14-11-9-6-2/h8,10,12-13,28-30,32H,5-7,9,11,14-27H2,1-4H3,(H,35,36)(H2,31,33,34)/b10-8+,13-12+/t28-,29?,30?/m0/s1. The lowest BCUT2D eigenvalue weighted by Crippen LogP contribution is -2.24. The van der Waals surface area contributed by atoms with E-state index < -0.39 is 26.9 Å². The molecule has 0 heterocycles. The van der Waals surface area contributed by atoms with Crippen LogP contribution in [0.5, 0.6) is 0 Å². The number of aliphatic hydroxyl groups is 1. The van der Waals surface area contributed by atoms with E-state index in [1.807, 2.05) is 31.2 Å². The Hall–Kier alpha value is -0.420. The van der Waals surface area contributed by atoms with Crippen molar-refractivity contribution >= 4 is 15.1 Å². The summed E-state index contributed by atoms with van der Waals surface area (Å²) in [6.07, 6.45) is 14.3. The van der Waals surface area contributed by atoms with Gasteiger partial charge in [0.2, 0.25) is 0 Å². The fourth-order valence-corrected chi connectivity index (χ4v) is 6.68. The Labute approximate surface area is 260 Å². The van der Waals surface area contributed by atoms with Gasteiger partial charge in [0.25, 0.3) is 7.52 Å². The number of nitrogens with one attached hydrogen (secondary N) is 1. The van der Waals surface area contributed by atoms with Crippen molar-refractivity contribution in [3.05, 3.63) is 24.3 Å². The third kappa shape index (κ3) is 24.5. The van der Waals surface area contributed by atoms with Crippen molar-refractivity contribution in [1.29, 1.82) is 0 Å². The number of unbranched alkanes of at least 4 members (excludes halogenated alkanes) is 3. The summed E-state index contributed by atoms with van der Waals surface area (Å²) in [5.41, 5.74) is -0.763. The maximum atomic E-state index is 12.5. The lowest BCUT2D eigenvalue weighted by Gasteiger charge is -2.22. The quantitative estimate of drug-likeness (QED) is 0.0405. The van der Waals surface area contributed by atoms with Crippen LogP contribution in [0.3, 0.4) is 0 Å². The number of ether oxygens (including phenoxy) is 4. The van der Waals surface area contributed by atoms with Gasteiger partial charge in [-0.3, -0.25) is 9.13 Å². The first-order valence-electron chi connectivity index (χ1n) is 16.0. The van der Waals surface area contributed by atoms with Gasteiger partial charge in [0.05, 0.1) is 64.2 Å². The summed E-state index contributed by atoms with van der Waals surface area (Å²) in [6.45, 7) is 10.7. The average Bonchev–Trinajstić information content (AvgIpc) is 2.97. The predicted molar refractivity (Wildman–Crippen MR) is 173 cm³/mol. The van der Waals surface area contributed by atoms with E-state index in [1.165, 1.54) is 0 Å². The van der Waals surface area contributed by atoms with Crippen molar-refractivity contribution in [2.24, 2.45) is 0 Å². The van der Waals surface area contributed by atoms with E-state index in [4.69, 9.17) is 23.5 Å². The molecule has 0 aliphatic rings. The summed E-state index contributed by atoms with van der Waals surface area (Å²) in [5, 5.41) is 12.8. The van der Waals surface area contributed by atoms with E-state index >= 15 is 0 Å². The van der Waals surface area contributed by atoms with E-state index in [0.717, 1.165) is 32.1 Å². The largest absolute Gasteiger partial charge is 0.388 e. The van der Waals surface area contributed by atoms with Gasteiger partial charge >= 0.3 is 7.60 Å². The van der Waals surface area contributed by atoms with Gasteiger partial charge in [-0.25, -0.2) is 5.09 Å². The normalized spacial score (nSPS) is 17.3. The van der Waals surface area contributed by atoms with Crippen LogP contribution in [0.2, 0.25) is 0 Å². The highest BCUT2D eigenvalue weighted by Crippen LogP contribution is 2.51. The van der Waals surface area contributed by atoms with E-state index in [1.54, 1.807) is 6.92 Å². The molecule has 0 aromatic rings. The second-order valence-corrected chi connectivity index (χ2v) is 15.1. The molecule has 0 saturated carbocycles. The molecular formula is C30H61NO10P2. The topological polar surface area (TPSA) is 153 Å². The molecule has 0 rings (SSSR count). The highest BCUT2D eigenvalue weighted by molar-refractivity contribution is 7.56. The molecule has 0 bridgehead atoms.